The smallest absolute Gasteiger partial charge is 0.251 e. The van der Waals surface area contributed by atoms with E-state index in [2.05, 4.69) is 27.2 Å². The van der Waals surface area contributed by atoms with E-state index < -0.39 is 0 Å². The van der Waals surface area contributed by atoms with Crippen LogP contribution in [0.1, 0.15) is 24.8 Å². The predicted octanol–water partition coefficient (Wildman–Crippen LogP) is 2.13. The number of allylic oxidation sites excluding steroid dienone is 1. The molecule has 3 aromatic heterocycles. The van der Waals surface area contributed by atoms with Crippen molar-refractivity contribution in [2.45, 2.75) is 25.8 Å². The van der Waals surface area contributed by atoms with E-state index in [1.165, 1.54) is 12.8 Å². The van der Waals surface area contributed by atoms with Gasteiger partial charge in [0, 0.05) is 67.9 Å². The highest BCUT2D eigenvalue weighted by atomic mass is 16.5. The van der Waals surface area contributed by atoms with E-state index in [1.54, 1.807) is 21.3 Å². The number of rotatable bonds is 8. The summed E-state index contributed by atoms with van der Waals surface area (Å²) in [6.07, 6.45) is 8.26. The van der Waals surface area contributed by atoms with Crippen molar-refractivity contribution in [2.75, 3.05) is 44.7 Å². The van der Waals surface area contributed by atoms with Crippen LogP contribution in [0.15, 0.2) is 53.2 Å². The molecule has 3 fully saturated rings. The third-order valence-corrected chi connectivity index (χ3v) is 7.18. The molecule has 10 nitrogen and oxygen atoms in total. The fourth-order valence-corrected chi connectivity index (χ4v) is 4.75. The van der Waals surface area contributed by atoms with Gasteiger partial charge in [-0.15, -0.1) is 0 Å². The van der Waals surface area contributed by atoms with Crippen LogP contribution in [0.3, 0.4) is 0 Å². The molecule has 3 aromatic rings. The Hall–Kier alpha value is -3.76. The largest absolute Gasteiger partial charge is 0.379 e. The number of nitrogens with one attached hydrogen (secondary N) is 2. The summed E-state index contributed by atoms with van der Waals surface area (Å²) in [5, 5.41) is 10.8. The van der Waals surface area contributed by atoms with Crippen LogP contribution in [0.2, 0.25) is 0 Å². The minimum atomic E-state index is -0.0673. The number of morpholine rings is 1. The first-order chi connectivity index (χ1) is 18.0. The lowest BCUT2D eigenvalue weighted by atomic mass is 10.1. The van der Waals surface area contributed by atoms with Gasteiger partial charge in [-0.2, -0.15) is 9.61 Å². The van der Waals surface area contributed by atoms with Gasteiger partial charge >= 0.3 is 0 Å². The average molecular weight is 502 g/mol. The first kappa shape index (κ1) is 23.6. The van der Waals surface area contributed by atoms with E-state index >= 15 is 0 Å². The number of amides is 1. The molecule has 1 aliphatic carbocycles. The molecule has 5 heterocycles. The maximum atomic E-state index is 13.0. The van der Waals surface area contributed by atoms with Crippen molar-refractivity contribution in [3.05, 3.63) is 64.4 Å². The van der Waals surface area contributed by atoms with Gasteiger partial charge in [0.25, 0.3) is 5.56 Å². The van der Waals surface area contributed by atoms with E-state index in [0.29, 0.717) is 29.5 Å². The summed E-state index contributed by atoms with van der Waals surface area (Å²) < 4.78 is 8.94. The standard InChI is InChI=1S/C27H31N7O3/c1-18-21(13-25(35)30-18)12-22-17-29-34-24(28-16-19-2-3-19)15-23(31-27(22)34)20-4-5-33(26(36)14-20)7-6-32-8-10-37-11-9-32/h4-5,12,14-15,17,19,28H,1-3,6-11,13,16H2,(H,30,35)/b21-12+. The van der Waals surface area contributed by atoms with Crippen molar-refractivity contribution >= 4 is 23.4 Å². The zero-order valence-corrected chi connectivity index (χ0v) is 20.8. The molecule has 3 aliphatic rings. The number of carbonyl (C=O) groups is 1. The van der Waals surface area contributed by atoms with Crippen molar-refractivity contribution in [3.63, 3.8) is 0 Å². The number of hydrogen-bond donors (Lipinski definition) is 2. The van der Waals surface area contributed by atoms with Gasteiger partial charge in [0.15, 0.2) is 5.65 Å². The van der Waals surface area contributed by atoms with Crippen LogP contribution in [0.5, 0.6) is 0 Å². The lowest BCUT2D eigenvalue weighted by Gasteiger charge is -2.26. The van der Waals surface area contributed by atoms with Crippen molar-refractivity contribution in [1.29, 1.82) is 0 Å². The number of aromatic nitrogens is 4. The van der Waals surface area contributed by atoms with E-state index in [1.807, 2.05) is 24.4 Å². The number of anilines is 1. The second-order valence-corrected chi connectivity index (χ2v) is 9.96. The highest BCUT2D eigenvalue weighted by molar-refractivity contribution is 5.89. The minimum absolute atomic E-state index is 0.0531. The highest BCUT2D eigenvalue weighted by Crippen LogP contribution is 2.30. The third kappa shape index (κ3) is 5.21. The van der Waals surface area contributed by atoms with Crippen molar-refractivity contribution in [3.8, 4) is 11.3 Å². The molecule has 192 valence electrons. The fraction of sp³-hybridized carbons (Fsp3) is 0.407. The average Bonchev–Trinajstić information content (AvgIpc) is 3.56. The van der Waals surface area contributed by atoms with Crippen LogP contribution in [0.25, 0.3) is 23.0 Å². The Kier molecular flexibility index (Phi) is 6.35. The molecule has 2 aliphatic heterocycles. The van der Waals surface area contributed by atoms with E-state index in [-0.39, 0.29) is 17.9 Å². The molecular weight excluding hydrogens is 470 g/mol. The van der Waals surface area contributed by atoms with Gasteiger partial charge in [-0.25, -0.2) is 4.98 Å². The van der Waals surface area contributed by atoms with Crippen molar-refractivity contribution in [1.82, 2.24) is 29.4 Å². The Balaban J connectivity index is 1.32. The number of ether oxygens (including phenoxy) is 1. The van der Waals surface area contributed by atoms with Gasteiger partial charge in [-0.1, -0.05) is 6.58 Å². The summed E-state index contributed by atoms with van der Waals surface area (Å²) in [7, 11) is 0. The van der Waals surface area contributed by atoms with Crippen LogP contribution < -0.4 is 16.2 Å². The lowest BCUT2D eigenvalue weighted by molar-refractivity contribution is -0.118. The SMILES string of the molecule is C=C1NC(=O)C/C1=C\c1cnn2c(NCC3CC3)cc(-c3ccn(CCN4CCOCC4)c(=O)c3)nc12. The first-order valence-electron chi connectivity index (χ1n) is 12.9. The Morgan fingerprint density at radius 3 is 2.76 bits per heavy atom. The summed E-state index contributed by atoms with van der Waals surface area (Å²) in [4.78, 5) is 32.0. The van der Waals surface area contributed by atoms with E-state index in [4.69, 9.17) is 9.72 Å². The van der Waals surface area contributed by atoms with Gasteiger partial charge in [0.1, 0.15) is 5.82 Å². The normalized spacial score (nSPS) is 19.6. The van der Waals surface area contributed by atoms with Crippen LogP contribution in [0.4, 0.5) is 5.82 Å². The fourth-order valence-electron chi connectivity index (χ4n) is 4.75. The van der Waals surface area contributed by atoms with Gasteiger partial charge in [-0.3, -0.25) is 14.5 Å². The Morgan fingerprint density at radius 2 is 2.03 bits per heavy atom. The molecule has 0 bridgehead atoms. The lowest BCUT2D eigenvalue weighted by Crippen LogP contribution is -2.39. The van der Waals surface area contributed by atoms with Crippen molar-refractivity contribution < 1.29 is 9.53 Å². The predicted molar refractivity (Wildman–Crippen MR) is 141 cm³/mol. The molecule has 0 aromatic carbocycles. The summed E-state index contributed by atoms with van der Waals surface area (Å²) in [6, 6.07) is 5.55. The van der Waals surface area contributed by atoms with Gasteiger partial charge < -0.3 is 19.9 Å². The number of pyridine rings is 1. The number of hydrogen-bond acceptors (Lipinski definition) is 7. The van der Waals surface area contributed by atoms with Gasteiger partial charge in [0.2, 0.25) is 5.91 Å². The molecule has 2 saturated heterocycles. The van der Waals surface area contributed by atoms with Crippen LogP contribution in [0, 0.1) is 5.92 Å². The van der Waals surface area contributed by atoms with Crippen LogP contribution in [-0.4, -0.2) is 69.4 Å². The number of fused-ring (bicyclic) bond motifs is 1. The molecule has 6 rings (SSSR count). The molecule has 1 amide bonds. The maximum Gasteiger partial charge on any atom is 0.251 e. The molecular formula is C27H31N7O3. The number of carbonyl (C=O) groups excluding carboxylic acids is 1. The molecule has 2 N–H and O–H groups in total. The van der Waals surface area contributed by atoms with Crippen LogP contribution >= 0.6 is 0 Å². The van der Waals surface area contributed by atoms with Gasteiger partial charge in [0.05, 0.1) is 31.5 Å². The van der Waals surface area contributed by atoms with Gasteiger partial charge in [-0.05, 0) is 36.5 Å². The third-order valence-electron chi connectivity index (χ3n) is 7.18. The summed E-state index contributed by atoms with van der Waals surface area (Å²) in [6.45, 7) is 9.55. The molecule has 1 saturated carbocycles. The first-order valence-corrected chi connectivity index (χ1v) is 12.9. The summed E-state index contributed by atoms with van der Waals surface area (Å²) in [5.41, 5.74) is 4.28. The van der Waals surface area contributed by atoms with E-state index in [0.717, 1.165) is 61.9 Å². The topological polar surface area (TPSA) is 106 Å². The molecule has 0 radical (unpaired) electrons. The summed E-state index contributed by atoms with van der Waals surface area (Å²) >= 11 is 0. The molecule has 0 unspecified atom stereocenters. The summed E-state index contributed by atoms with van der Waals surface area (Å²) in [5.74, 6) is 1.44. The zero-order valence-electron chi connectivity index (χ0n) is 20.8. The molecule has 0 atom stereocenters. The number of nitrogens with zero attached hydrogens (tertiary/aromatic N) is 5. The maximum absolute atomic E-state index is 13.0. The van der Waals surface area contributed by atoms with E-state index in [9.17, 15) is 9.59 Å². The highest BCUT2D eigenvalue weighted by Gasteiger charge is 2.23. The van der Waals surface area contributed by atoms with Crippen molar-refractivity contribution in [2.24, 2.45) is 5.92 Å². The second-order valence-electron chi connectivity index (χ2n) is 9.96. The monoisotopic (exact) mass is 501 g/mol. The minimum Gasteiger partial charge on any atom is -0.379 e. The molecule has 0 spiro atoms. The molecule has 37 heavy (non-hydrogen) atoms. The zero-order chi connectivity index (χ0) is 25.4. The second kappa shape index (κ2) is 9.95. The quantitative estimate of drug-likeness (QED) is 0.487. The van der Waals surface area contributed by atoms with Crippen LogP contribution in [-0.2, 0) is 16.1 Å². The Bertz CT molecular complexity index is 1440. The Labute approximate surface area is 214 Å². The molecule has 10 heteroatoms. The Morgan fingerprint density at radius 1 is 1.19 bits per heavy atom.